The molecule has 8 rings (SSSR count). The molecule has 2 aromatic heterocycles. The molecule has 5 aromatic carbocycles. The van der Waals surface area contributed by atoms with Crippen molar-refractivity contribution in [2.24, 2.45) is 0 Å². The minimum Gasteiger partial charge on any atom is -0.493 e. The number of unbranched alkanes of at least 4 members (excludes halogenated alkanes) is 6. The molecule has 0 amide bonds. The Kier molecular flexibility index (Phi) is 12.7. The highest BCUT2D eigenvalue weighted by molar-refractivity contribution is 6.13. The Morgan fingerprint density at radius 2 is 1.00 bits per heavy atom. The van der Waals surface area contributed by atoms with Crippen LogP contribution in [0.5, 0.6) is 11.5 Å². The maximum absolute atomic E-state index is 6.58. The summed E-state index contributed by atoms with van der Waals surface area (Å²) in [4.78, 5) is 9.54. The minimum absolute atomic E-state index is 0.728. The Balaban J connectivity index is 1.07. The highest BCUT2D eigenvalue weighted by atomic mass is 16.5. The van der Waals surface area contributed by atoms with E-state index in [1.54, 1.807) is 0 Å². The fourth-order valence-electron chi connectivity index (χ4n) is 8.32. The minimum atomic E-state index is 0.728. The molecule has 4 nitrogen and oxygen atoms in total. The van der Waals surface area contributed by atoms with Gasteiger partial charge in [-0.3, -0.25) is 9.97 Å². The number of hydrogen-bond acceptors (Lipinski definition) is 4. The van der Waals surface area contributed by atoms with Crippen LogP contribution < -0.4 is 9.47 Å². The van der Waals surface area contributed by atoms with Crippen molar-refractivity contribution in [1.82, 2.24) is 9.97 Å². The third-order valence-corrected chi connectivity index (χ3v) is 11.3. The van der Waals surface area contributed by atoms with Gasteiger partial charge in [0.25, 0.3) is 0 Å². The van der Waals surface area contributed by atoms with Crippen LogP contribution in [0.4, 0.5) is 0 Å². The lowest BCUT2D eigenvalue weighted by molar-refractivity contribution is 0.305. The molecular formula is C54H54N2O2. The van der Waals surface area contributed by atoms with Gasteiger partial charge in [-0.05, 0) is 93.9 Å². The first-order valence-corrected chi connectivity index (χ1v) is 21.4. The number of hydrogen-bond donors (Lipinski definition) is 0. The van der Waals surface area contributed by atoms with E-state index in [1.807, 2.05) is 12.4 Å². The molecular weight excluding hydrogens is 709 g/mol. The fraction of sp³-hybridized carbons (Fsp3) is 0.259. The second-order valence-corrected chi connectivity index (χ2v) is 15.4. The normalized spacial score (nSPS) is 12.7. The van der Waals surface area contributed by atoms with E-state index in [0.717, 1.165) is 83.7 Å². The van der Waals surface area contributed by atoms with Crippen LogP contribution in [0.15, 0.2) is 116 Å². The Bertz CT molecular complexity index is 2560. The summed E-state index contributed by atoms with van der Waals surface area (Å²) in [6.07, 6.45) is 28.8. The van der Waals surface area contributed by atoms with Gasteiger partial charge in [0, 0.05) is 34.1 Å². The second kappa shape index (κ2) is 19.0. The first-order chi connectivity index (χ1) is 28.7. The number of allylic oxidation sites excluding steroid dienone is 1. The van der Waals surface area contributed by atoms with Crippen molar-refractivity contribution in [2.45, 2.75) is 78.1 Å². The van der Waals surface area contributed by atoms with Crippen molar-refractivity contribution in [1.29, 1.82) is 0 Å². The Hall–Kier alpha value is -6.00. The first kappa shape index (κ1) is 38.9. The van der Waals surface area contributed by atoms with Crippen molar-refractivity contribution in [3.8, 4) is 22.9 Å². The zero-order chi connectivity index (χ0) is 39.5. The van der Waals surface area contributed by atoms with Crippen LogP contribution in [-0.4, -0.2) is 23.2 Å². The quantitative estimate of drug-likeness (QED) is 0.0684. The molecule has 0 aliphatic heterocycles. The molecule has 0 spiro atoms. The van der Waals surface area contributed by atoms with E-state index in [2.05, 4.69) is 147 Å². The van der Waals surface area contributed by atoms with E-state index in [9.17, 15) is 0 Å². The van der Waals surface area contributed by atoms with Crippen molar-refractivity contribution in [3.63, 3.8) is 0 Å². The van der Waals surface area contributed by atoms with Gasteiger partial charge in [0.2, 0.25) is 0 Å². The Morgan fingerprint density at radius 1 is 0.517 bits per heavy atom. The SMILES string of the molecule is CCCCCCOc1c2c(c(/C=C/c3ccnc(-c4cc(/C=C/c5c6ccccc6c(OCCCCCC)c6ccccc56)ccn4)c3)c3ccccc13)C=CCC2. The monoisotopic (exact) mass is 762 g/mol. The van der Waals surface area contributed by atoms with Gasteiger partial charge in [-0.25, -0.2) is 0 Å². The predicted molar refractivity (Wildman–Crippen MR) is 247 cm³/mol. The topological polar surface area (TPSA) is 44.2 Å². The first-order valence-electron chi connectivity index (χ1n) is 21.4. The molecule has 0 radical (unpaired) electrons. The van der Waals surface area contributed by atoms with Gasteiger partial charge >= 0.3 is 0 Å². The number of fused-ring (bicyclic) bond motifs is 4. The maximum atomic E-state index is 6.58. The number of nitrogens with zero attached hydrogens (tertiary/aromatic N) is 2. The van der Waals surface area contributed by atoms with Crippen molar-refractivity contribution in [2.75, 3.05) is 13.2 Å². The van der Waals surface area contributed by atoms with Gasteiger partial charge in [0.15, 0.2) is 0 Å². The lowest BCUT2D eigenvalue weighted by Gasteiger charge is -2.22. The number of benzene rings is 5. The number of ether oxygens (including phenoxy) is 2. The second-order valence-electron chi connectivity index (χ2n) is 15.4. The number of rotatable bonds is 17. The van der Waals surface area contributed by atoms with Gasteiger partial charge in [-0.2, -0.15) is 0 Å². The van der Waals surface area contributed by atoms with Crippen LogP contribution in [0.1, 0.15) is 105 Å². The molecule has 0 saturated heterocycles. The zero-order valence-corrected chi connectivity index (χ0v) is 34.1. The summed E-state index contributed by atoms with van der Waals surface area (Å²) >= 11 is 0. The summed E-state index contributed by atoms with van der Waals surface area (Å²) < 4.78 is 13.1. The molecule has 0 unspecified atom stereocenters. The largest absolute Gasteiger partial charge is 0.493 e. The molecule has 0 fully saturated rings. The molecule has 0 bridgehead atoms. The van der Waals surface area contributed by atoms with E-state index in [0.29, 0.717) is 0 Å². The average Bonchev–Trinajstić information content (AvgIpc) is 3.28. The van der Waals surface area contributed by atoms with Crippen molar-refractivity contribution < 1.29 is 9.47 Å². The lowest BCUT2D eigenvalue weighted by Crippen LogP contribution is -2.06. The van der Waals surface area contributed by atoms with Gasteiger partial charge in [-0.1, -0.05) is 162 Å². The summed E-state index contributed by atoms with van der Waals surface area (Å²) in [5.74, 6) is 2.05. The van der Waals surface area contributed by atoms with E-state index in [-0.39, 0.29) is 0 Å². The third-order valence-electron chi connectivity index (χ3n) is 11.3. The summed E-state index contributed by atoms with van der Waals surface area (Å²) in [7, 11) is 0. The summed E-state index contributed by atoms with van der Waals surface area (Å²) in [6, 6.07) is 34.3. The van der Waals surface area contributed by atoms with Gasteiger partial charge in [0.1, 0.15) is 11.5 Å². The van der Waals surface area contributed by atoms with E-state index >= 15 is 0 Å². The number of aromatic nitrogens is 2. The predicted octanol–water partition coefficient (Wildman–Crippen LogP) is 14.8. The molecule has 58 heavy (non-hydrogen) atoms. The lowest BCUT2D eigenvalue weighted by atomic mass is 9.87. The van der Waals surface area contributed by atoms with Crippen LogP contribution in [0.25, 0.3) is 74.1 Å². The zero-order valence-electron chi connectivity index (χ0n) is 34.1. The van der Waals surface area contributed by atoms with Crippen LogP contribution in [0, 0.1) is 0 Å². The maximum Gasteiger partial charge on any atom is 0.134 e. The molecule has 1 aliphatic rings. The van der Waals surface area contributed by atoms with E-state index in [1.165, 1.54) is 82.3 Å². The summed E-state index contributed by atoms with van der Waals surface area (Å²) in [5, 5.41) is 7.07. The molecule has 0 atom stereocenters. The Labute approximate surface area is 344 Å². The van der Waals surface area contributed by atoms with E-state index < -0.39 is 0 Å². The smallest absolute Gasteiger partial charge is 0.134 e. The molecule has 4 heteroatoms. The number of pyridine rings is 2. The molecule has 7 aromatic rings. The standard InChI is InChI=1S/C54H54N2O2/c1-3-5-7-17-35-57-53-47-23-13-9-19-41(47)45(42-20-10-14-24-48(42)53)29-27-39-31-33-55-51(37-39)52-38-40(32-34-56-52)28-30-46-43-21-11-15-25-49(43)54(58-36-18-8-6-4-2)50-26-16-12-22-44(46)50/h9-15,19-25,27-34,37-38H,3-8,16-18,26,35-36H2,1-2H3/b29-27+,30-28+. The van der Waals surface area contributed by atoms with Gasteiger partial charge in [0.05, 0.1) is 24.6 Å². The van der Waals surface area contributed by atoms with Crippen molar-refractivity contribution in [3.05, 3.63) is 149 Å². The van der Waals surface area contributed by atoms with Gasteiger partial charge in [-0.15, -0.1) is 0 Å². The van der Waals surface area contributed by atoms with E-state index in [4.69, 9.17) is 19.4 Å². The Morgan fingerprint density at radius 3 is 1.55 bits per heavy atom. The van der Waals surface area contributed by atoms with Crippen LogP contribution in [0.3, 0.4) is 0 Å². The highest BCUT2D eigenvalue weighted by Crippen LogP contribution is 2.42. The molecule has 1 aliphatic carbocycles. The molecule has 0 saturated carbocycles. The van der Waals surface area contributed by atoms with Crippen molar-refractivity contribution >= 4 is 62.7 Å². The van der Waals surface area contributed by atoms with Crippen LogP contribution >= 0.6 is 0 Å². The van der Waals surface area contributed by atoms with Crippen LogP contribution in [0.2, 0.25) is 0 Å². The molecule has 0 N–H and O–H groups in total. The third kappa shape index (κ3) is 8.62. The highest BCUT2D eigenvalue weighted by Gasteiger charge is 2.20. The summed E-state index contributed by atoms with van der Waals surface area (Å²) in [6.45, 7) is 5.98. The molecule has 2 heterocycles. The van der Waals surface area contributed by atoms with Crippen LogP contribution in [-0.2, 0) is 6.42 Å². The molecule has 292 valence electrons. The summed E-state index contributed by atoms with van der Waals surface area (Å²) in [5.41, 5.74) is 8.83. The van der Waals surface area contributed by atoms with Gasteiger partial charge < -0.3 is 9.47 Å². The fourth-order valence-corrected chi connectivity index (χ4v) is 8.32. The average molecular weight is 763 g/mol.